The van der Waals surface area contributed by atoms with E-state index in [1.54, 1.807) is 42.9 Å². The van der Waals surface area contributed by atoms with Crippen molar-refractivity contribution in [3.63, 3.8) is 0 Å². The molecule has 4 heterocycles. The lowest BCUT2D eigenvalue weighted by molar-refractivity contribution is 0.536. The zero-order valence-electron chi connectivity index (χ0n) is 20.9. The van der Waals surface area contributed by atoms with Gasteiger partial charge in [0.05, 0.1) is 38.2 Å². The summed E-state index contributed by atoms with van der Waals surface area (Å²) in [6.45, 7) is 6.14. The Labute approximate surface area is 212 Å². The molecule has 37 heavy (non-hydrogen) atoms. The molecule has 0 radical (unpaired) electrons. The molecule has 1 unspecified atom stereocenters. The minimum atomic E-state index is -2.63. The van der Waals surface area contributed by atoms with Crippen LogP contribution in [0.3, 0.4) is 0 Å². The summed E-state index contributed by atoms with van der Waals surface area (Å²) in [5.41, 5.74) is 3.14. The van der Waals surface area contributed by atoms with Crippen LogP contribution in [0, 0.1) is 25.5 Å². The van der Waals surface area contributed by atoms with E-state index < -0.39 is 21.2 Å². The van der Waals surface area contributed by atoms with Gasteiger partial charge in [0.2, 0.25) is 0 Å². The van der Waals surface area contributed by atoms with Crippen molar-refractivity contribution in [1.29, 1.82) is 0 Å². The summed E-state index contributed by atoms with van der Waals surface area (Å²) < 4.78 is 51.0. The lowest BCUT2D eigenvalue weighted by Crippen LogP contribution is -2.30. The Hall–Kier alpha value is -3.57. The minimum absolute atomic E-state index is 0.00648. The minimum Gasteiger partial charge on any atom is -0.310 e. The molecule has 0 fully saturated rings. The van der Waals surface area contributed by atoms with Crippen LogP contribution in [0.1, 0.15) is 40.9 Å². The van der Waals surface area contributed by atoms with Crippen molar-refractivity contribution in [3.05, 3.63) is 86.7 Å². The second-order valence-corrected chi connectivity index (χ2v) is 12.0. The largest absolute Gasteiger partial charge is 0.338 e. The molecule has 0 bridgehead atoms. The van der Waals surface area contributed by atoms with Crippen molar-refractivity contribution in [2.75, 3.05) is 12.8 Å². The third-order valence-electron chi connectivity index (χ3n) is 7.21. The molecule has 2 aromatic heterocycles. The molecule has 2 aromatic carbocycles. The van der Waals surface area contributed by atoms with Crippen molar-refractivity contribution < 1.29 is 13.0 Å². The van der Waals surface area contributed by atoms with E-state index in [0.29, 0.717) is 33.9 Å². The van der Waals surface area contributed by atoms with Crippen LogP contribution in [0.15, 0.2) is 50.7 Å². The number of fused-ring (bicyclic) bond motifs is 2. The first-order valence-corrected chi connectivity index (χ1v) is 13.9. The second-order valence-electron chi connectivity index (χ2n) is 9.70. The van der Waals surface area contributed by atoms with E-state index >= 15 is 4.39 Å². The maximum atomic E-state index is 15.5. The van der Waals surface area contributed by atoms with Gasteiger partial charge in [-0.3, -0.25) is 9.13 Å². The van der Waals surface area contributed by atoms with Gasteiger partial charge < -0.3 is 5.32 Å². The number of aromatic nitrogens is 4. The highest BCUT2D eigenvalue weighted by molar-refractivity contribution is 7.93. The normalized spacial score (nSPS) is 20.5. The Morgan fingerprint density at radius 3 is 2.51 bits per heavy atom. The molecule has 2 aliphatic heterocycles. The van der Waals surface area contributed by atoms with E-state index in [-0.39, 0.29) is 29.7 Å². The van der Waals surface area contributed by atoms with Gasteiger partial charge in [-0.2, -0.15) is 5.10 Å². The van der Waals surface area contributed by atoms with Crippen LogP contribution in [-0.2, 0) is 22.7 Å². The van der Waals surface area contributed by atoms with E-state index in [1.165, 1.54) is 27.7 Å². The molecule has 2 aliphatic rings. The van der Waals surface area contributed by atoms with Crippen LogP contribution in [0.25, 0.3) is 17.2 Å². The summed E-state index contributed by atoms with van der Waals surface area (Å²) in [6, 6.07) is 6.38. The number of nitrogens with one attached hydrogen (secondary N) is 1. The maximum absolute atomic E-state index is 15.5. The summed E-state index contributed by atoms with van der Waals surface area (Å²) in [4.78, 5) is 14.1. The summed E-state index contributed by atoms with van der Waals surface area (Å²) in [6.07, 6.45) is 5.25. The molecule has 0 saturated carbocycles. The van der Waals surface area contributed by atoms with Gasteiger partial charge in [0.1, 0.15) is 11.6 Å². The van der Waals surface area contributed by atoms with Crippen molar-refractivity contribution in [1.82, 2.24) is 24.2 Å². The van der Waals surface area contributed by atoms with Gasteiger partial charge in [-0.15, -0.1) is 0 Å². The highest BCUT2D eigenvalue weighted by Crippen LogP contribution is 2.33. The first kappa shape index (κ1) is 23.8. The van der Waals surface area contributed by atoms with Crippen LogP contribution in [0.2, 0.25) is 0 Å². The highest BCUT2D eigenvalue weighted by atomic mass is 32.2. The van der Waals surface area contributed by atoms with Gasteiger partial charge >= 0.3 is 5.69 Å². The van der Waals surface area contributed by atoms with Crippen molar-refractivity contribution in [3.8, 4) is 17.2 Å². The van der Waals surface area contributed by atoms with Gasteiger partial charge in [-0.1, -0.05) is 0 Å². The number of hydrogen-bond acceptors (Lipinski definition) is 5. The molecule has 4 aromatic rings. The topological polar surface area (TPSA) is 86.2 Å². The lowest BCUT2D eigenvalue weighted by Gasteiger charge is -2.21. The Morgan fingerprint density at radius 2 is 1.78 bits per heavy atom. The van der Waals surface area contributed by atoms with E-state index in [1.807, 2.05) is 6.92 Å². The fourth-order valence-electron chi connectivity index (χ4n) is 5.32. The number of hydrogen-bond donors (Lipinski definition) is 1. The first-order valence-electron chi connectivity index (χ1n) is 12.0. The molecule has 0 spiro atoms. The van der Waals surface area contributed by atoms with Crippen molar-refractivity contribution >= 4 is 9.73 Å². The molecule has 0 amide bonds. The Kier molecular flexibility index (Phi) is 5.29. The van der Waals surface area contributed by atoms with E-state index in [0.717, 1.165) is 17.8 Å². The van der Waals surface area contributed by atoms with Gasteiger partial charge in [-0.25, -0.2) is 26.8 Å². The average molecular weight is 525 g/mol. The van der Waals surface area contributed by atoms with Crippen molar-refractivity contribution in [2.45, 2.75) is 44.7 Å². The van der Waals surface area contributed by atoms with Crippen LogP contribution >= 0.6 is 0 Å². The van der Waals surface area contributed by atoms with Crippen LogP contribution < -0.4 is 11.0 Å². The zero-order chi connectivity index (χ0) is 26.2. The van der Waals surface area contributed by atoms with Crippen LogP contribution in [-0.4, -0.2) is 35.9 Å². The molecular weight excluding hydrogens is 498 g/mol. The van der Waals surface area contributed by atoms with Gasteiger partial charge in [-0.05, 0) is 56.2 Å². The summed E-state index contributed by atoms with van der Waals surface area (Å²) in [5, 5.41) is 8.25. The first-order chi connectivity index (χ1) is 17.6. The highest BCUT2D eigenvalue weighted by Gasteiger charge is 2.30. The summed E-state index contributed by atoms with van der Waals surface area (Å²) >= 11 is 0. The number of nitrogens with zero attached hydrogens (tertiary/aromatic N) is 5. The Balaban J connectivity index is 1.56. The summed E-state index contributed by atoms with van der Waals surface area (Å²) in [5.74, 6) is -0.365. The maximum Gasteiger partial charge on any atom is 0.338 e. The molecule has 1 N–H and O–H groups in total. The number of rotatable bonds is 3. The monoisotopic (exact) mass is 524 g/mol. The summed E-state index contributed by atoms with van der Waals surface area (Å²) in [7, 11) is -2.63. The number of imidazole rings is 1. The van der Waals surface area contributed by atoms with E-state index in [9.17, 15) is 13.4 Å². The van der Waals surface area contributed by atoms with E-state index in [2.05, 4.69) is 9.68 Å². The van der Waals surface area contributed by atoms with Gasteiger partial charge in [0.15, 0.2) is 5.82 Å². The Morgan fingerprint density at radius 1 is 1.08 bits per heavy atom. The second kappa shape index (κ2) is 8.22. The molecule has 11 heteroatoms. The Bertz CT molecular complexity index is 1770. The third-order valence-corrected chi connectivity index (χ3v) is 9.03. The molecule has 192 valence electrons. The molecule has 0 saturated heterocycles. The fourth-order valence-corrected chi connectivity index (χ4v) is 6.76. The SMILES string of the molecule is Cc1cc(-n2nc3c(c2-n2ccn(-c4ccc5c(c4F)CN=S5(C)=O)c2=O)[C@H](C)NCC3)cc(C)c1F. The molecule has 6 rings (SSSR count). The average Bonchev–Trinajstić information content (AvgIpc) is 3.51. The number of halogens is 2. The quantitative estimate of drug-likeness (QED) is 0.441. The predicted octanol–water partition coefficient (Wildman–Crippen LogP) is 3.89. The number of benzene rings is 2. The molecule has 8 nitrogen and oxygen atoms in total. The third kappa shape index (κ3) is 3.51. The number of aryl methyl sites for hydroxylation is 2. The van der Waals surface area contributed by atoms with Crippen LogP contribution in [0.4, 0.5) is 8.78 Å². The zero-order valence-corrected chi connectivity index (χ0v) is 21.7. The molecular formula is C26H26F2N6O2S. The van der Waals surface area contributed by atoms with Crippen molar-refractivity contribution in [2.24, 2.45) is 4.36 Å². The van der Waals surface area contributed by atoms with Crippen LogP contribution in [0.5, 0.6) is 0 Å². The lowest BCUT2D eigenvalue weighted by atomic mass is 10.0. The standard InChI is InChI=1S/C26H26F2N6O2S/c1-14-11-17(12-15(2)23(14)27)34-25(22-16(3)29-8-7-19(22)31-34)33-10-9-32(26(33)35)20-5-6-21-18(24(20)28)13-30-37(21,4)36/h5-6,9-12,16,29H,7-8,13H2,1-4H3/t16-,37?/m0/s1. The van der Waals surface area contributed by atoms with E-state index in [4.69, 9.17) is 5.10 Å². The van der Waals surface area contributed by atoms with Gasteiger partial charge in [0.25, 0.3) is 0 Å². The fraction of sp³-hybridized carbons (Fsp3) is 0.308. The van der Waals surface area contributed by atoms with Gasteiger partial charge in [0, 0.05) is 48.8 Å². The smallest absolute Gasteiger partial charge is 0.310 e. The predicted molar refractivity (Wildman–Crippen MR) is 136 cm³/mol. The molecule has 2 atom stereocenters. The molecule has 0 aliphatic carbocycles.